The van der Waals surface area contributed by atoms with Crippen LogP contribution < -0.4 is 19.3 Å². The van der Waals surface area contributed by atoms with E-state index in [4.69, 9.17) is 9.47 Å². The molecule has 1 aliphatic heterocycles. The van der Waals surface area contributed by atoms with Gasteiger partial charge in [-0.3, -0.25) is 4.98 Å². The summed E-state index contributed by atoms with van der Waals surface area (Å²) < 4.78 is 162. The van der Waals surface area contributed by atoms with Gasteiger partial charge in [0, 0.05) is 22.6 Å². The number of para-hydroxylation sites is 4. The molecule has 0 unspecified atom stereocenters. The SMILES string of the molecule is Fc1c(F)c(F)c(N(c2ccccc2)c2ccc(-c3c4c(c(-c5ccc(N(c6ccccc6)c6c(F)c(F)c(F)c(F)c6F)cn5)c5ccccc35)Oc3ccccc3O4)cc2)c(F)c1F. The zero-order chi connectivity index (χ0) is 46.0. The van der Waals surface area contributed by atoms with Crippen LogP contribution in [0.15, 0.2) is 152 Å². The Morgan fingerprint density at radius 1 is 0.333 bits per heavy atom. The number of pyridine rings is 1. The molecule has 5 nitrogen and oxygen atoms in total. The minimum absolute atomic E-state index is 0.0326. The Kier molecular flexibility index (Phi) is 10.3. The average Bonchev–Trinajstić information content (AvgIpc) is 3.36. The Morgan fingerprint density at radius 3 is 1.15 bits per heavy atom. The van der Waals surface area contributed by atoms with Crippen LogP contribution in [0.25, 0.3) is 33.2 Å². The lowest BCUT2D eigenvalue weighted by atomic mass is 9.91. The van der Waals surface area contributed by atoms with Gasteiger partial charge in [0.15, 0.2) is 69.5 Å². The highest BCUT2D eigenvalue weighted by molar-refractivity contribution is 6.11. The second-order valence-electron chi connectivity index (χ2n) is 14.7. The van der Waals surface area contributed by atoms with Gasteiger partial charge in [-0.05, 0) is 77.0 Å². The van der Waals surface area contributed by atoms with Crippen molar-refractivity contribution in [2.24, 2.45) is 0 Å². The van der Waals surface area contributed by atoms with E-state index < -0.39 is 69.5 Å². The van der Waals surface area contributed by atoms with Crippen molar-refractivity contribution in [3.63, 3.8) is 0 Å². The van der Waals surface area contributed by atoms with Crippen molar-refractivity contribution in [2.75, 3.05) is 9.80 Å². The number of fused-ring (bicyclic) bond motifs is 3. The lowest BCUT2D eigenvalue weighted by molar-refractivity contribution is 0.362. The molecule has 0 amide bonds. The van der Waals surface area contributed by atoms with Crippen LogP contribution in [-0.2, 0) is 0 Å². The van der Waals surface area contributed by atoms with Crippen LogP contribution in [0.3, 0.4) is 0 Å². The van der Waals surface area contributed by atoms with Crippen LogP contribution in [0.2, 0.25) is 0 Å². The maximum absolute atomic E-state index is 15.5. The second kappa shape index (κ2) is 16.3. The summed E-state index contributed by atoms with van der Waals surface area (Å²) in [4.78, 5) is 6.42. The first-order valence-corrected chi connectivity index (χ1v) is 19.8. The number of benzene rings is 8. The van der Waals surface area contributed by atoms with Gasteiger partial charge >= 0.3 is 0 Å². The summed E-state index contributed by atoms with van der Waals surface area (Å²) in [7, 11) is 0. The first-order chi connectivity index (χ1) is 31.9. The molecule has 1 aromatic heterocycles. The van der Waals surface area contributed by atoms with E-state index in [1.165, 1.54) is 79.0 Å². The van der Waals surface area contributed by atoms with Crippen LogP contribution in [0.4, 0.5) is 78.0 Å². The predicted molar refractivity (Wildman–Crippen MR) is 228 cm³/mol. The monoisotopic (exact) mass is 901 g/mol. The molecule has 0 radical (unpaired) electrons. The molecular weight excluding hydrogens is 877 g/mol. The molecule has 0 aliphatic carbocycles. The molecule has 0 fully saturated rings. The highest BCUT2D eigenvalue weighted by atomic mass is 19.2. The van der Waals surface area contributed by atoms with E-state index in [0.717, 1.165) is 9.80 Å². The minimum atomic E-state index is -2.31. The number of halogens is 10. The summed E-state index contributed by atoms with van der Waals surface area (Å²) in [5.41, 5.74) is -0.754. The van der Waals surface area contributed by atoms with Crippen LogP contribution in [0.5, 0.6) is 23.0 Å². The molecule has 1 aliphatic rings. The van der Waals surface area contributed by atoms with Crippen LogP contribution in [-0.4, -0.2) is 4.98 Å². The molecule has 2 heterocycles. The quantitative estimate of drug-likeness (QED) is 0.0863. The van der Waals surface area contributed by atoms with Crippen molar-refractivity contribution in [2.45, 2.75) is 0 Å². The highest BCUT2D eigenvalue weighted by Crippen LogP contribution is 2.57. The van der Waals surface area contributed by atoms with Gasteiger partial charge in [0.25, 0.3) is 0 Å². The first-order valence-electron chi connectivity index (χ1n) is 19.8. The fourth-order valence-electron chi connectivity index (χ4n) is 7.96. The molecule has 0 spiro atoms. The van der Waals surface area contributed by atoms with Gasteiger partial charge in [-0.25, -0.2) is 43.9 Å². The maximum atomic E-state index is 15.5. The zero-order valence-corrected chi connectivity index (χ0v) is 33.4. The molecule has 0 N–H and O–H groups in total. The molecule has 0 saturated heterocycles. The van der Waals surface area contributed by atoms with Gasteiger partial charge in [-0.15, -0.1) is 0 Å². The van der Waals surface area contributed by atoms with E-state index in [1.54, 1.807) is 72.8 Å². The van der Waals surface area contributed by atoms with Crippen LogP contribution in [0.1, 0.15) is 0 Å². The van der Waals surface area contributed by atoms with Crippen molar-refractivity contribution in [3.8, 4) is 45.4 Å². The number of hydrogen-bond donors (Lipinski definition) is 0. The van der Waals surface area contributed by atoms with Gasteiger partial charge in [-0.2, -0.15) is 0 Å². The van der Waals surface area contributed by atoms with E-state index in [2.05, 4.69) is 4.98 Å². The normalized spacial score (nSPS) is 11.7. The number of rotatable bonds is 8. The predicted octanol–water partition coefficient (Wildman–Crippen LogP) is 15.8. The molecule has 0 atom stereocenters. The first kappa shape index (κ1) is 41.7. The van der Waals surface area contributed by atoms with Gasteiger partial charge in [0.2, 0.25) is 11.6 Å². The fourth-order valence-corrected chi connectivity index (χ4v) is 7.96. The number of anilines is 6. The number of ether oxygens (including phenoxy) is 2. The summed E-state index contributed by atoms with van der Waals surface area (Å²) in [5, 5.41) is 1.12. The molecule has 9 aromatic rings. The summed E-state index contributed by atoms with van der Waals surface area (Å²) in [6.07, 6.45) is 1.20. The second-order valence-corrected chi connectivity index (χ2v) is 14.7. The number of nitrogens with zero attached hydrogens (tertiary/aromatic N) is 3. The largest absolute Gasteiger partial charge is 0.449 e. The Bertz CT molecular complexity index is 3100. The summed E-state index contributed by atoms with van der Waals surface area (Å²) in [6, 6.07) is 37.8. The molecule has 15 heteroatoms. The number of hydrogen-bond acceptors (Lipinski definition) is 5. The third kappa shape index (κ3) is 6.69. The lowest BCUT2D eigenvalue weighted by Gasteiger charge is -2.28. The topological polar surface area (TPSA) is 37.8 Å². The van der Waals surface area contributed by atoms with Gasteiger partial charge in [0.1, 0.15) is 11.4 Å². The highest BCUT2D eigenvalue weighted by Gasteiger charge is 2.34. The fraction of sp³-hybridized carbons (Fsp3) is 0. The van der Waals surface area contributed by atoms with Crippen molar-refractivity contribution >= 4 is 44.9 Å². The van der Waals surface area contributed by atoms with Gasteiger partial charge in [-0.1, -0.05) is 84.9 Å². The molecule has 10 rings (SSSR count). The Labute approximate surface area is 367 Å². The van der Waals surface area contributed by atoms with E-state index in [-0.39, 0.29) is 39.9 Å². The van der Waals surface area contributed by atoms with E-state index >= 15 is 17.6 Å². The minimum Gasteiger partial charge on any atom is -0.449 e. The van der Waals surface area contributed by atoms with Crippen molar-refractivity contribution < 1.29 is 53.4 Å². The maximum Gasteiger partial charge on any atom is 0.200 e. The summed E-state index contributed by atoms with van der Waals surface area (Å²) >= 11 is 0. The van der Waals surface area contributed by atoms with Crippen molar-refractivity contribution in [3.05, 3.63) is 210 Å². The smallest absolute Gasteiger partial charge is 0.200 e. The van der Waals surface area contributed by atoms with Crippen LogP contribution in [0, 0.1) is 58.2 Å². The van der Waals surface area contributed by atoms with Gasteiger partial charge < -0.3 is 19.3 Å². The molecule has 0 bridgehead atoms. The van der Waals surface area contributed by atoms with E-state index in [0.29, 0.717) is 39.0 Å². The van der Waals surface area contributed by atoms with E-state index in [9.17, 15) is 26.3 Å². The lowest BCUT2D eigenvalue weighted by Crippen LogP contribution is -2.17. The number of aromatic nitrogens is 1. The average molecular weight is 902 g/mol. The molecule has 0 saturated carbocycles. The summed E-state index contributed by atoms with van der Waals surface area (Å²) in [6.45, 7) is 0. The van der Waals surface area contributed by atoms with Gasteiger partial charge in [0.05, 0.1) is 23.1 Å². The van der Waals surface area contributed by atoms with E-state index in [1.807, 2.05) is 0 Å². The van der Waals surface area contributed by atoms with Crippen molar-refractivity contribution in [1.82, 2.24) is 4.98 Å². The Hall–Kier alpha value is -8.33. The Morgan fingerprint density at radius 2 is 0.697 bits per heavy atom. The molecular formula is C51H25F10N3O2. The standard InChI is InChI=1S/C51H25F10N3O2/c52-38-40(54)44(58)48(45(59)41(38)55)63(27-11-3-1-4-12-27)29-21-19-26(20-22-29)36-31-15-7-8-16-32(31)37(51-50(36)65-34-17-9-10-18-35(34)66-51)33-24-23-30(25-62-33)64(28-13-5-2-6-14-28)49-46(60)42(56)39(53)43(57)47(49)61/h1-25H. The van der Waals surface area contributed by atoms with Crippen molar-refractivity contribution in [1.29, 1.82) is 0 Å². The molecule has 326 valence electrons. The third-order valence-corrected chi connectivity index (χ3v) is 10.9. The summed E-state index contributed by atoms with van der Waals surface area (Å²) in [5.74, 6) is -20.3. The Balaban J connectivity index is 1.14. The zero-order valence-electron chi connectivity index (χ0n) is 33.4. The molecule has 66 heavy (non-hydrogen) atoms. The molecule has 8 aromatic carbocycles. The van der Waals surface area contributed by atoms with Crippen LogP contribution >= 0.6 is 0 Å². The third-order valence-electron chi connectivity index (χ3n) is 10.9.